The molecule has 2 rings (SSSR count). The van der Waals surface area contributed by atoms with E-state index in [9.17, 15) is 0 Å². The quantitative estimate of drug-likeness (QED) is 0.714. The first-order valence-electron chi connectivity index (χ1n) is 5.10. The summed E-state index contributed by atoms with van der Waals surface area (Å²) in [7, 11) is 0. The number of nitrogens with two attached hydrogens (primary N) is 1. The summed E-state index contributed by atoms with van der Waals surface area (Å²) in [6.45, 7) is 4.58. The molecule has 0 saturated carbocycles. The Kier molecular flexibility index (Phi) is 2.48. The Balaban J connectivity index is 2.11. The number of hydrogen-bond donors (Lipinski definition) is 1. The van der Waals surface area contributed by atoms with Gasteiger partial charge in [0, 0.05) is 16.4 Å². The molecule has 0 fully saturated rings. The van der Waals surface area contributed by atoms with Crippen molar-refractivity contribution in [3.05, 3.63) is 34.9 Å². The topological polar surface area (TPSA) is 26.0 Å². The van der Waals surface area contributed by atoms with Crippen molar-refractivity contribution in [3.63, 3.8) is 0 Å². The van der Waals surface area contributed by atoms with Gasteiger partial charge >= 0.3 is 0 Å². The number of allylic oxidation sites excluding steroid dienone is 5. The molecule has 1 aliphatic heterocycles. The molecule has 0 spiro atoms. The SMILES string of the molecule is CC1(C)CC=C(C2CC=CC=C2N)S1. The van der Waals surface area contributed by atoms with E-state index >= 15 is 0 Å². The second kappa shape index (κ2) is 3.50. The fourth-order valence-corrected chi connectivity index (χ4v) is 3.23. The van der Waals surface area contributed by atoms with Crippen molar-refractivity contribution in [2.45, 2.75) is 31.4 Å². The highest BCUT2D eigenvalue weighted by Gasteiger charge is 2.30. The van der Waals surface area contributed by atoms with Gasteiger partial charge < -0.3 is 5.73 Å². The summed E-state index contributed by atoms with van der Waals surface area (Å²) in [5, 5.41) is 0. The van der Waals surface area contributed by atoms with Crippen LogP contribution in [-0.2, 0) is 0 Å². The van der Waals surface area contributed by atoms with E-state index in [1.807, 2.05) is 17.8 Å². The van der Waals surface area contributed by atoms with Crippen LogP contribution in [0.3, 0.4) is 0 Å². The Morgan fingerprint density at radius 2 is 2.29 bits per heavy atom. The first kappa shape index (κ1) is 9.91. The van der Waals surface area contributed by atoms with Crippen LogP contribution in [-0.4, -0.2) is 4.75 Å². The summed E-state index contributed by atoms with van der Waals surface area (Å²) in [6, 6.07) is 0. The van der Waals surface area contributed by atoms with Gasteiger partial charge in [0.15, 0.2) is 0 Å². The van der Waals surface area contributed by atoms with E-state index in [0.717, 1.165) is 12.1 Å². The second-order valence-corrected chi connectivity index (χ2v) is 6.34. The number of thioether (sulfide) groups is 1. The molecule has 2 N–H and O–H groups in total. The van der Waals surface area contributed by atoms with E-state index in [-0.39, 0.29) is 0 Å². The monoisotopic (exact) mass is 207 g/mol. The van der Waals surface area contributed by atoms with E-state index in [0.29, 0.717) is 10.7 Å². The minimum absolute atomic E-state index is 0.372. The molecule has 1 nitrogen and oxygen atoms in total. The van der Waals surface area contributed by atoms with Gasteiger partial charge in [-0.25, -0.2) is 0 Å². The molecule has 1 aliphatic carbocycles. The molecule has 2 heteroatoms. The van der Waals surface area contributed by atoms with Gasteiger partial charge in [-0.3, -0.25) is 0 Å². The molecule has 2 aliphatic rings. The van der Waals surface area contributed by atoms with Gasteiger partial charge in [0.05, 0.1) is 0 Å². The first-order valence-corrected chi connectivity index (χ1v) is 5.91. The van der Waals surface area contributed by atoms with Gasteiger partial charge in [-0.2, -0.15) is 0 Å². The van der Waals surface area contributed by atoms with Crippen molar-refractivity contribution in [3.8, 4) is 0 Å². The largest absolute Gasteiger partial charge is 0.402 e. The van der Waals surface area contributed by atoms with Gasteiger partial charge in [0.2, 0.25) is 0 Å². The zero-order valence-electron chi connectivity index (χ0n) is 8.79. The molecule has 0 radical (unpaired) electrons. The summed E-state index contributed by atoms with van der Waals surface area (Å²) in [5.41, 5.74) is 7.02. The van der Waals surface area contributed by atoms with Crippen molar-refractivity contribution in [1.29, 1.82) is 0 Å². The van der Waals surface area contributed by atoms with Crippen molar-refractivity contribution in [2.24, 2.45) is 11.7 Å². The summed E-state index contributed by atoms with van der Waals surface area (Å²) in [4.78, 5) is 1.47. The average Bonchev–Trinajstić information content (AvgIpc) is 2.47. The zero-order chi connectivity index (χ0) is 10.2. The predicted molar refractivity (Wildman–Crippen MR) is 63.9 cm³/mol. The van der Waals surface area contributed by atoms with Crippen LogP contribution in [0.1, 0.15) is 26.7 Å². The summed E-state index contributed by atoms with van der Waals surface area (Å²) in [5.74, 6) is 0.451. The van der Waals surface area contributed by atoms with Gasteiger partial charge in [-0.1, -0.05) is 32.1 Å². The van der Waals surface area contributed by atoms with E-state index in [4.69, 9.17) is 5.73 Å². The molecule has 0 aromatic rings. The van der Waals surface area contributed by atoms with Crippen LogP contribution in [0.15, 0.2) is 34.9 Å². The van der Waals surface area contributed by atoms with Gasteiger partial charge in [0.25, 0.3) is 0 Å². The smallest absolute Gasteiger partial charge is 0.0326 e. The lowest BCUT2D eigenvalue weighted by Gasteiger charge is -2.22. The third-order valence-corrected chi connectivity index (χ3v) is 4.14. The van der Waals surface area contributed by atoms with Crippen LogP contribution < -0.4 is 5.73 Å². The molecule has 0 aromatic carbocycles. The molecule has 1 unspecified atom stereocenters. The predicted octanol–water partition coefficient (Wildman–Crippen LogP) is 3.20. The summed E-state index contributed by atoms with van der Waals surface area (Å²) < 4.78 is 0.372. The maximum atomic E-state index is 6.00. The third-order valence-electron chi connectivity index (χ3n) is 2.73. The van der Waals surface area contributed by atoms with Crippen LogP contribution in [0.5, 0.6) is 0 Å². The molecule has 14 heavy (non-hydrogen) atoms. The van der Waals surface area contributed by atoms with Crippen molar-refractivity contribution < 1.29 is 0 Å². The van der Waals surface area contributed by atoms with Crippen LogP contribution >= 0.6 is 11.8 Å². The van der Waals surface area contributed by atoms with Gasteiger partial charge in [0.1, 0.15) is 0 Å². The van der Waals surface area contributed by atoms with E-state index in [1.165, 1.54) is 11.3 Å². The highest BCUT2D eigenvalue weighted by atomic mass is 32.2. The van der Waals surface area contributed by atoms with Crippen molar-refractivity contribution >= 4 is 11.8 Å². The lowest BCUT2D eigenvalue weighted by atomic mass is 9.96. The van der Waals surface area contributed by atoms with Crippen LogP contribution in [0, 0.1) is 5.92 Å². The lowest BCUT2D eigenvalue weighted by molar-refractivity contribution is 0.734. The van der Waals surface area contributed by atoms with Crippen molar-refractivity contribution in [2.75, 3.05) is 0 Å². The Labute approximate surface area is 90.1 Å². The van der Waals surface area contributed by atoms with Crippen molar-refractivity contribution in [1.82, 2.24) is 0 Å². The summed E-state index contributed by atoms with van der Waals surface area (Å²) in [6.07, 6.45) is 10.9. The van der Waals surface area contributed by atoms with E-state index < -0.39 is 0 Å². The molecular formula is C12H17NS. The van der Waals surface area contributed by atoms with E-state index in [2.05, 4.69) is 32.1 Å². The van der Waals surface area contributed by atoms with Crippen LogP contribution in [0.2, 0.25) is 0 Å². The van der Waals surface area contributed by atoms with Gasteiger partial charge in [-0.05, 0) is 23.8 Å². The molecule has 0 saturated heterocycles. The minimum Gasteiger partial charge on any atom is -0.402 e. The third kappa shape index (κ3) is 1.90. The zero-order valence-corrected chi connectivity index (χ0v) is 9.60. The Hall–Kier alpha value is -0.630. The molecule has 1 heterocycles. The molecule has 1 atom stereocenters. The average molecular weight is 207 g/mol. The maximum Gasteiger partial charge on any atom is 0.0326 e. The first-order chi connectivity index (χ1) is 6.58. The summed E-state index contributed by atoms with van der Waals surface area (Å²) >= 11 is 1.98. The Morgan fingerprint density at radius 3 is 2.86 bits per heavy atom. The van der Waals surface area contributed by atoms with Crippen LogP contribution in [0.4, 0.5) is 0 Å². The highest BCUT2D eigenvalue weighted by Crippen LogP contribution is 2.47. The fraction of sp³-hybridized carbons (Fsp3) is 0.500. The second-order valence-electron chi connectivity index (χ2n) is 4.56. The Bertz CT molecular complexity index is 323. The lowest BCUT2D eigenvalue weighted by Crippen LogP contribution is -2.15. The standard InChI is InChI=1S/C12H17NS/c1-12(2)8-7-11(14-12)9-5-3-4-6-10(9)13/h3-4,6-7,9H,5,8,13H2,1-2H3. The van der Waals surface area contributed by atoms with Gasteiger partial charge in [-0.15, -0.1) is 11.8 Å². The molecule has 0 aromatic heterocycles. The molecular weight excluding hydrogens is 190 g/mol. The normalized spacial score (nSPS) is 30.0. The number of rotatable bonds is 1. The van der Waals surface area contributed by atoms with E-state index in [1.54, 1.807) is 0 Å². The maximum absolute atomic E-state index is 6.00. The molecule has 0 bridgehead atoms. The van der Waals surface area contributed by atoms with Crippen LogP contribution in [0.25, 0.3) is 0 Å². The fourth-order valence-electron chi connectivity index (χ4n) is 1.89. The molecule has 0 amide bonds. The number of hydrogen-bond acceptors (Lipinski definition) is 2. The Morgan fingerprint density at radius 1 is 1.50 bits per heavy atom. The minimum atomic E-state index is 0.372. The highest BCUT2D eigenvalue weighted by molar-refractivity contribution is 8.04. The molecule has 76 valence electrons.